The van der Waals surface area contributed by atoms with Gasteiger partial charge in [0.05, 0.1) is 24.5 Å². The SMILES string of the molecule is CCCOc1cccc(C2C(C(=O)/C=C/c3ccccc3)=C(O)C(=O)N2CCCn2ccnc2)c1. The van der Waals surface area contributed by atoms with E-state index in [1.54, 1.807) is 23.5 Å². The van der Waals surface area contributed by atoms with Gasteiger partial charge >= 0.3 is 0 Å². The quantitative estimate of drug-likeness (QED) is 0.408. The molecule has 0 aliphatic carbocycles. The number of aryl methyl sites for hydroxylation is 1. The number of ether oxygens (including phenoxy) is 1. The summed E-state index contributed by atoms with van der Waals surface area (Å²) in [7, 11) is 0. The van der Waals surface area contributed by atoms with Crippen LogP contribution in [0.25, 0.3) is 6.08 Å². The van der Waals surface area contributed by atoms with Crippen LogP contribution in [-0.4, -0.2) is 44.4 Å². The highest BCUT2D eigenvalue weighted by molar-refractivity contribution is 6.14. The summed E-state index contributed by atoms with van der Waals surface area (Å²) in [5.74, 6) is -0.785. The van der Waals surface area contributed by atoms with E-state index in [9.17, 15) is 14.7 Å². The van der Waals surface area contributed by atoms with Gasteiger partial charge in [0.25, 0.3) is 5.91 Å². The van der Waals surface area contributed by atoms with Gasteiger partial charge in [0.2, 0.25) is 0 Å². The molecule has 35 heavy (non-hydrogen) atoms. The molecule has 0 radical (unpaired) electrons. The standard InChI is InChI=1S/C28H29N3O4/c1-2-18-35-23-11-6-10-22(19-23)26-25(24(32)13-12-21-8-4-3-5-9-21)27(33)28(34)31(26)16-7-15-30-17-14-29-20-30/h3-6,8-14,17,19-20,26,33H,2,7,15-16,18H2,1H3/b13-12+. The average Bonchev–Trinajstić information content (AvgIpc) is 3.49. The molecule has 0 bridgehead atoms. The van der Waals surface area contributed by atoms with Crippen LogP contribution in [0, 0.1) is 0 Å². The van der Waals surface area contributed by atoms with Crippen LogP contribution in [0.2, 0.25) is 0 Å². The van der Waals surface area contributed by atoms with Gasteiger partial charge in [-0.05, 0) is 42.2 Å². The molecule has 180 valence electrons. The number of aliphatic hydroxyl groups is 1. The van der Waals surface area contributed by atoms with Crippen molar-refractivity contribution >= 4 is 17.8 Å². The Morgan fingerprint density at radius 3 is 2.71 bits per heavy atom. The molecule has 1 aromatic heterocycles. The number of nitrogens with zero attached hydrogens (tertiary/aromatic N) is 3. The van der Waals surface area contributed by atoms with E-state index in [1.807, 2.05) is 72.3 Å². The van der Waals surface area contributed by atoms with E-state index in [1.165, 1.54) is 6.08 Å². The summed E-state index contributed by atoms with van der Waals surface area (Å²) >= 11 is 0. The minimum atomic E-state index is -0.705. The molecule has 1 N–H and O–H groups in total. The summed E-state index contributed by atoms with van der Waals surface area (Å²) in [6, 6.07) is 16.1. The minimum absolute atomic E-state index is 0.0810. The number of imidazole rings is 1. The molecule has 7 heteroatoms. The highest BCUT2D eigenvalue weighted by atomic mass is 16.5. The van der Waals surface area contributed by atoms with Crippen LogP contribution in [0.3, 0.4) is 0 Å². The van der Waals surface area contributed by atoms with Crippen LogP contribution in [0.15, 0.2) is 90.7 Å². The summed E-state index contributed by atoms with van der Waals surface area (Å²) in [5.41, 5.74) is 1.65. The second-order valence-electron chi connectivity index (χ2n) is 8.35. The molecule has 2 heterocycles. The predicted molar refractivity (Wildman–Crippen MR) is 134 cm³/mol. The summed E-state index contributed by atoms with van der Waals surface area (Å²) in [5, 5.41) is 10.8. The zero-order chi connectivity index (χ0) is 24.6. The Morgan fingerprint density at radius 1 is 1.14 bits per heavy atom. The molecule has 0 fully saturated rings. The molecule has 4 rings (SSSR count). The van der Waals surface area contributed by atoms with Crippen LogP contribution in [0.5, 0.6) is 5.75 Å². The third-order valence-corrected chi connectivity index (χ3v) is 5.82. The van der Waals surface area contributed by atoms with Crippen LogP contribution < -0.4 is 4.74 Å². The number of hydrogen-bond donors (Lipinski definition) is 1. The maximum absolute atomic E-state index is 13.3. The van der Waals surface area contributed by atoms with E-state index in [0.29, 0.717) is 31.9 Å². The van der Waals surface area contributed by atoms with Gasteiger partial charge in [-0.3, -0.25) is 9.59 Å². The smallest absolute Gasteiger partial charge is 0.290 e. The lowest BCUT2D eigenvalue weighted by Crippen LogP contribution is -2.32. The fourth-order valence-electron chi connectivity index (χ4n) is 4.15. The third-order valence-electron chi connectivity index (χ3n) is 5.82. The lowest BCUT2D eigenvalue weighted by molar-refractivity contribution is -0.129. The number of hydrogen-bond acceptors (Lipinski definition) is 5. The molecule has 0 saturated carbocycles. The number of ketones is 1. The molecular formula is C28H29N3O4. The van der Waals surface area contributed by atoms with Gasteiger partial charge in [-0.25, -0.2) is 4.98 Å². The molecule has 1 aliphatic rings. The number of carbonyl (C=O) groups excluding carboxylic acids is 2. The molecule has 7 nitrogen and oxygen atoms in total. The number of aliphatic hydroxyl groups excluding tert-OH is 1. The van der Waals surface area contributed by atoms with Gasteiger partial charge < -0.3 is 19.3 Å². The van der Waals surface area contributed by atoms with Gasteiger partial charge in [-0.15, -0.1) is 0 Å². The lowest BCUT2D eigenvalue weighted by Gasteiger charge is -2.27. The van der Waals surface area contributed by atoms with Crippen LogP contribution in [0.1, 0.15) is 36.9 Å². The Kier molecular flexibility index (Phi) is 7.77. The van der Waals surface area contributed by atoms with Crippen molar-refractivity contribution in [3.8, 4) is 5.75 Å². The highest BCUT2D eigenvalue weighted by Gasteiger charge is 2.42. The summed E-state index contributed by atoms with van der Waals surface area (Å²) in [6.45, 7) is 3.62. The van der Waals surface area contributed by atoms with Gasteiger partial charge in [-0.1, -0.05) is 55.5 Å². The molecule has 1 amide bonds. The first kappa shape index (κ1) is 24.0. The first-order valence-electron chi connectivity index (χ1n) is 11.8. The first-order chi connectivity index (χ1) is 17.1. The topological polar surface area (TPSA) is 84.7 Å². The number of benzene rings is 2. The van der Waals surface area contributed by atoms with Gasteiger partial charge in [0, 0.05) is 25.5 Å². The molecule has 1 unspecified atom stereocenters. The Bertz CT molecular complexity index is 1220. The molecule has 2 aromatic carbocycles. The van der Waals surface area contributed by atoms with Crippen LogP contribution in [-0.2, 0) is 16.1 Å². The number of rotatable bonds is 11. The van der Waals surface area contributed by atoms with Crippen molar-refractivity contribution in [1.82, 2.24) is 14.5 Å². The van der Waals surface area contributed by atoms with E-state index >= 15 is 0 Å². The Hall–Kier alpha value is -4.13. The second-order valence-corrected chi connectivity index (χ2v) is 8.35. The van der Waals surface area contributed by atoms with Gasteiger partial charge in [-0.2, -0.15) is 0 Å². The lowest BCUT2D eigenvalue weighted by atomic mass is 9.95. The zero-order valence-corrected chi connectivity index (χ0v) is 19.7. The minimum Gasteiger partial charge on any atom is -0.503 e. The fraction of sp³-hybridized carbons (Fsp3) is 0.250. The average molecular weight is 472 g/mol. The maximum atomic E-state index is 13.3. The number of amides is 1. The Labute approximate surface area is 205 Å². The van der Waals surface area contributed by atoms with E-state index < -0.39 is 23.5 Å². The number of aromatic nitrogens is 2. The monoisotopic (exact) mass is 471 g/mol. The van der Waals surface area contributed by atoms with Gasteiger partial charge in [0.1, 0.15) is 5.75 Å². The first-order valence-corrected chi connectivity index (χ1v) is 11.8. The van der Waals surface area contributed by atoms with E-state index in [0.717, 1.165) is 17.5 Å². The summed E-state index contributed by atoms with van der Waals surface area (Å²) < 4.78 is 7.71. The Morgan fingerprint density at radius 2 is 1.97 bits per heavy atom. The normalized spacial score (nSPS) is 15.9. The number of allylic oxidation sites excluding steroid dienone is 1. The summed E-state index contributed by atoms with van der Waals surface area (Å²) in [4.78, 5) is 32.0. The third kappa shape index (κ3) is 5.69. The number of carbonyl (C=O) groups is 2. The zero-order valence-electron chi connectivity index (χ0n) is 19.7. The van der Waals surface area contributed by atoms with E-state index in [2.05, 4.69) is 4.98 Å². The molecule has 1 aliphatic heterocycles. The van der Waals surface area contributed by atoms with Gasteiger partial charge in [0.15, 0.2) is 11.5 Å². The van der Waals surface area contributed by atoms with Crippen molar-refractivity contribution < 1.29 is 19.4 Å². The maximum Gasteiger partial charge on any atom is 0.290 e. The van der Waals surface area contributed by atoms with Crippen molar-refractivity contribution in [2.45, 2.75) is 32.4 Å². The fourth-order valence-corrected chi connectivity index (χ4v) is 4.15. The van der Waals surface area contributed by atoms with Crippen molar-refractivity contribution in [2.75, 3.05) is 13.2 Å². The van der Waals surface area contributed by atoms with Crippen molar-refractivity contribution in [3.63, 3.8) is 0 Å². The summed E-state index contributed by atoms with van der Waals surface area (Å²) in [6.07, 6.45) is 9.88. The molecule has 0 spiro atoms. The van der Waals surface area contributed by atoms with Crippen molar-refractivity contribution in [3.05, 3.63) is 102 Å². The second kappa shape index (κ2) is 11.3. The van der Waals surface area contributed by atoms with Crippen LogP contribution >= 0.6 is 0 Å². The predicted octanol–water partition coefficient (Wildman–Crippen LogP) is 4.74. The molecule has 1 atom stereocenters. The van der Waals surface area contributed by atoms with Crippen molar-refractivity contribution in [1.29, 1.82) is 0 Å². The Balaban J connectivity index is 1.63. The highest BCUT2D eigenvalue weighted by Crippen LogP contribution is 2.39. The molecule has 3 aromatic rings. The van der Waals surface area contributed by atoms with Crippen molar-refractivity contribution in [2.24, 2.45) is 0 Å². The van der Waals surface area contributed by atoms with E-state index in [4.69, 9.17) is 4.74 Å². The van der Waals surface area contributed by atoms with E-state index in [-0.39, 0.29) is 5.57 Å². The molecular weight excluding hydrogens is 442 g/mol. The molecule has 0 saturated heterocycles. The largest absolute Gasteiger partial charge is 0.503 e. The van der Waals surface area contributed by atoms with Crippen LogP contribution in [0.4, 0.5) is 0 Å².